The quantitative estimate of drug-likeness (QED) is 0.791. The maximum absolute atomic E-state index is 4.42. The van der Waals surface area contributed by atoms with E-state index in [2.05, 4.69) is 53.4 Å². The standard InChI is InChI=1S/C18H19N3/c1-3-21-18(15-8-9-19-10-13(15)2)17-12-20-11-14-6-4-5-7-16(14)17/h4-12,18,21H,3H2,1-2H3. The average Bonchev–Trinajstić information content (AvgIpc) is 2.53. The minimum atomic E-state index is 0.136. The summed E-state index contributed by atoms with van der Waals surface area (Å²) in [6.45, 7) is 5.13. The summed E-state index contributed by atoms with van der Waals surface area (Å²) in [6.07, 6.45) is 7.65. The molecule has 0 radical (unpaired) electrons. The second-order valence-electron chi connectivity index (χ2n) is 5.17. The lowest BCUT2D eigenvalue weighted by Gasteiger charge is -2.21. The van der Waals surface area contributed by atoms with Gasteiger partial charge in [0.25, 0.3) is 0 Å². The van der Waals surface area contributed by atoms with Crippen LogP contribution in [0.4, 0.5) is 0 Å². The fraction of sp³-hybridized carbons (Fsp3) is 0.222. The molecule has 2 heterocycles. The summed E-state index contributed by atoms with van der Waals surface area (Å²) in [5.74, 6) is 0. The molecule has 21 heavy (non-hydrogen) atoms. The zero-order chi connectivity index (χ0) is 14.7. The van der Waals surface area contributed by atoms with Gasteiger partial charge in [-0.2, -0.15) is 0 Å². The third-order valence-electron chi connectivity index (χ3n) is 3.79. The van der Waals surface area contributed by atoms with Gasteiger partial charge >= 0.3 is 0 Å². The summed E-state index contributed by atoms with van der Waals surface area (Å²) < 4.78 is 0. The molecule has 1 unspecified atom stereocenters. The molecule has 1 atom stereocenters. The molecule has 106 valence electrons. The Morgan fingerprint density at radius 2 is 1.86 bits per heavy atom. The number of aromatic nitrogens is 2. The molecule has 0 bridgehead atoms. The van der Waals surface area contributed by atoms with E-state index in [4.69, 9.17) is 0 Å². The molecular weight excluding hydrogens is 258 g/mol. The first-order chi connectivity index (χ1) is 10.3. The van der Waals surface area contributed by atoms with Crippen LogP contribution >= 0.6 is 0 Å². The topological polar surface area (TPSA) is 37.8 Å². The molecule has 3 heteroatoms. The van der Waals surface area contributed by atoms with E-state index < -0.39 is 0 Å². The van der Waals surface area contributed by atoms with Crippen molar-refractivity contribution in [2.24, 2.45) is 0 Å². The van der Waals surface area contributed by atoms with Gasteiger partial charge in [-0.25, -0.2) is 0 Å². The van der Waals surface area contributed by atoms with Gasteiger partial charge in [-0.1, -0.05) is 31.2 Å². The minimum Gasteiger partial charge on any atom is -0.306 e. The van der Waals surface area contributed by atoms with Crippen LogP contribution in [0.3, 0.4) is 0 Å². The van der Waals surface area contributed by atoms with Crippen molar-refractivity contribution in [3.05, 3.63) is 71.8 Å². The van der Waals surface area contributed by atoms with E-state index in [0.717, 1.165) is 6.54 Å². The minimum absolute atomic E-state index is 0.136. The molecule has 1 aromatic carbocycles. The van der Waals surface area contributed by atoms with Gasteiger partial charge in [-0.15, -0.1) is 0 Å². The summed E-state index contributed by atoms with van der Waals surface area (Å²) in [4.78, 5) is 8.62. The van der Waals surface area contributed by atoms with E-state index in [1.54, 1.807) is 0 Å². The highest BCUT2D eigenvalue weighted by atomic mass is 14.9. The van der Waals surface area contributed by atoms with Gasteiger partial charge in [0.1, 0.15) is 0 Å². The Kier molecular flexibility index (Phi) is 3.93. The Bertz CT molecular complexity index is 747. The molecular formula is C18H19N3. The largest absolute Gasteiger partial charge is 0.306 e. The first-order valence-corrected chi connectivity index (χ1v) is 7.27. The predicted molar refractivity (Wildman–Crippen MR) is 86.2 cm³/mol. The molecule has 3 nitrogen and oxygen atoms in total. The van der Waals surface area contributed by atoms with Crippen LogP contribution in [-0.4, -0.2) is 16.5 Å². The Labute approximate surface area is 125 Å². The van der Waals surface area contributed by atoms with E-state index in [-0.39, 0.29) is 6.04 Å². The fourth-order valence-corrected chi connectivity index (χ4v) is 2.77. The average molecular weight is 277 g/mol. The summed E-state index contributed by atoms with van der Waals surface area (Å²) in [5.41, 5.74) is 3.66. The van der Waals surface area contributed by atoms with Gasteiger partial charge in [0, 0.05) is 30.2 Å². The molecule has 0 fully saturated rings. The number of hydrogen-bond donors (Lipinski definition) is 1. The zero-order valence-corrected chi connectivity index (χ0v) is 12.4. The van der Waals surface area contributed by atoms with Gasteiger partial charge in [-0.3, -0.25) is 9.97 Å². The third-order valence-corrected chi connectivity index (χ3v) is 3.79. The molecule has 3 rings (SSSR count). The molecule has 3 aromatic rings. The molecule has 0 saturated heterocycles. The first kappa shape index (κ1) is 13.7. The highest BCUT2D eigenvalue weighted by Crippen LogP contribution is 2.29. The molecule has 0 aliphatic carbocycles. The SMILES string of the molecule is CCNC(c1ccncc1C)c1cncc2ccccc12. The first-order valence-electron chi connectivity index (χ1n) is 7.27. The third kappa shape index (κ3) is 2.65. The smallest absolute Gasteiger partial charge is 0.0601 e. The molecule has 1 N–H and O–H groups in total. The van der Waals surface area contributed by atoms with Gasteiger partial charge in [-0.05, 0) is 41.6 Å². The van der Waals surface area contributed by atoms with E-state index in [1.807, 2.05) is 30.9 Å². The van der Waals surface area contributed by atoms with Gasteiger partial charge in [0.2, 0.25) is 0 Å². The highest BCUT2D eigenvalue weighted by molar-refractivity contribution is 5.85. The maximum Gasteiger partial charge on any atom is 0.0601 e. The number of nitrogens with zero attached hydrogens (tertiary/aromatic N) is 2. The number of hydrogen-bond acceptors (Lipinski definition) is 3. The van der Waals surface area contributed by atoms with Crippen LogP contribution in [-0.2, 0) is 0 Å². The molecule has 0 saturated carbocycles. The Balaban J connectivity index is 2.19. The van der Waals surface area contributed by atoms with Crippen LogP contribution in [0.5, 0.6) is 0 Å². The molecule has 2 aromatic heterocycles. The van der Waals surface area contributed by atoms with E-state index in [1.165, 1.54) is 27.5 Å². The van der Waals surface area contributed by atoms with Crippen LogP contribution in [0.2, 0.25) is 0 Å². The van der Waals surface area contributed by atoms with Gasteiger partial charge in [0.05, 0.1) is 6.04 Å². The van der Waals surface area contributed by atoms with Gasteiger partial charge in [0.15, 0.2) is 0 Å². The Morgan fingerprint density at radius 3 is 2.67 bits per heavy atom. The Hall–Kier alpha value is -2.26. The number of pyridine rings is 2. The van der Waals surface area contributed by atoms with Crippen LogP contribution in [0, 0.1) is 6.92 Å². The van der Waals surface area contributed by atoms with Crippen LogP contribution in [0.1, 0.15) is 29.7 Å². The number of rotatable bonds is 4. The summed E-state index contributed by atoms with van der Waals surface area (Å²) in [7, 11) is 0. The fourth-order valence-electron chi connectivity index (χ4n) is 2.77. The second kappa shape index (κ2) is 6.02. The van der Waals surface area contributed by atoms with Crippen molar-refractivity contribution in [1.29, 1.82) is 0 Å². The van der Waals surface area contributed by atoms with Crippen molar-refractivity contribution in [2.45, 2.75) is 19.9 Å². The molecule has 0 spiro atoms. The highest BCUT2D eigenvalue weighted by Gasteiger charge is 2.17. The number of benzene rings is 1. The van der Waals surface area contributed by atoms with E-state index in [0.29, 0.717) is 0 Å². The number of aryl methyl sites for hydroxylation is 1. The zero-order valence-electron chi connectivity index (χ0n) is 12.4. The number of nitrogens with one attached hydrogen (secondary N) is 1. The lowest BCUT2D eigenvalue weighted by atomic mass is 9.94. The van der Waals surface area contributed by atoms with Crippen molar-refractivity contribution >= 4 is 10.8 Å². The second-order valence-corrected chi connectivity index (χ2v) is 5.17. The molecule has 0 amide bonds. The normalized spacial score (nSPS) is 12.5. The van der Waals surface area contributed by atoms with Crippen molar-refractivity contribution in [3.63, 3.8) is 0 Å². The lowest BCUT2D eigenvalue weighted by Crippen LogP contribution is -2.23. The Morgan fingerprint density at radius 1 is 1.00 bits per heavy atom. The van der Waals surface area contributed by atoms with E-state index >= 15 is 0 Å². The monoisotopic (exact) mass is 277 g/mol. The predicted octanol–water partition coefficient (Wildman–Crippen LogP) is 3.64. The molecule has 0 aliphatic heterocycles. The van der Waals surface area contributed by atoms with Crippen molar-refractivity contribution < 1.29 is 0 Å². The molecule has 0 aliphatic rings. The van der Waals surface area contributed by atoms with Crippen LogP contribution in [0.15, 0.2) is 55.1 Å². The van der Waals surface area contributed by atoms with E-state index in [9.17, 15) is 0 Å². The summed E-state index contributed by atoms with van der Waals surface area (Å²) >= 11 is 0. The van der Waals surface area contributed by atoms with Crippen molar-refractivity contribution in [2.75, 3.05) is 6.54 Å². The van der Waals surface area contributed by atoms with Crippen molar-refractivity contribution in [1.82, 2.24) is 15.3 Å². The maximum atomic E-state index is 4.42. The van der Waals surface area contributed by atoms with Crippen LogP contribution < -0.4 is 5.32 Å². The lowest BCUT2D eigenvalue weighted by molar-refractivity contribution is 0.629. The summed E-state index contributed by atoms with van der Waals surface area (Å²) in [5, 5.41) is 6.00. The number of fused-ring (bicyclic) bond motifs is 1. The van der Waals surface area contributed by atoms with Crippen LogP contribution in [0.25, 0.3) is 10.8 Å². The van der Waals surface area contributed by atoms with Gasteiger partial charge < -0.3 is 5.32 Å². The summed E-state index contributed by atoms with van der Waals surface area (Å²) in [6, 6.07) is 10.6. The van der Waals surface area contributed by atoms with Crippen molar-refractivity contribution in [3.8, 4) is 0 Å².